The Morgan fingerprint density at radius 3 is 2.58 bits per heavy atom. The van der Waals surface area contributed by atoms with Crippen LogP contribution in [0.5, 0.6) is 0 Å². The molecule has 3 aliphatic rings. The number of nitrogens with zero attached hydrogens (tertiary/aromatic N) is 3. The Bertz CT molecular complexity index is 1010. The highest BCUT2D eigenvalue weighted by molar-refractivity contribution is 6.03. The minimum absolute atomic E-state index is 0.0440. The highest BCUT2D eigenvalue weighted by Crippen LogP contribution is 2.34. The highest BCUT2D eigenvalue weighted by atomic mass is 16.5. The number of rotatable bonds is 5. The van der Waals surface area contributed by atoms with Crippen LogP contribution in [-0.4, -0.2) is 77.2 Å². The molecule has 2 fully saturated rings. The van der Waals surface area contributed by atoms with Gasteiger partial charge in [0.1, 0.15) is 17.0 Å². The van der Waals surface area contributed by atoms with Crippen molar-refractivity contribution >= 4 is 22.9 Å². The average Bonchev–Trinajstić information content (AvgIpc) is 3.19. The molecular weight excluding hydrogens is 420 g/mol. The van der Waals surface area contributed by atoms with E-state index in [2.05, 4.69) is 10.2 Å². The van der Waals surface area contributed by atoms with Crippen LogP contribution in [0.25, 0.3) is 11.1 Å². The second kappa shape index (κ2) is 9.14. The fraction of sp³-hybridized carbons (Fsp3) is 0.680. The van der Waals surface area contributed by atoms with Gasteiger partial charge < -0.3 is 23.9 Å². The van der Waals surface area contributed by atoms with E-state index >= 15 is 0 Å². The number of carbonyl (C=O) groups is 2. The van der Waals surface area contributed by atoms with Crippen molar-refractivity contribution in [3.8, 4) is 0 Å². The summed E-state index contributed by atoms with van der Waals surface area (Å²) < 4.78 is 13.3. The topological polar surface area (TPSA) is 80.0 Å². The van der Waals surface area contributed by atoms with E-state index in [-0.39, 0.29) is 17.9 Å². The average molecular weight is 457 g/mol. The Kier molecular flexibility index (Phi) is 6.22. The minimum atomic E-state index is -0.959. The van der Waals surface area contributed by atoms with Crippen LogP contribution in [0.15, 0.2) is 16.5 Å². The molecule has 180 valence electrons. The second-order valence-electron chi connectivity index (χ2n) is 10.1. The molecule has 33 heavy (non-hydrogen) atoms. The Hall–Kier alpha value is -2.32. The van der Waals surface area contributed by atoms with E-state index < -0.39 is 5.54 Å². The summed E-state index contributed by atoms with van der Waals surface area (Å²) in [7, 11) is 0. The van der Waals surface area contributed by atoms with E-state index in [4.69, 9.17) is 9.15 Å². The molecule has 0 radical (unpaired) electrons. The standard InChI is InChI=1S/C25H36N4O4/c1-18-15-20-22(33-18)16-21-23(30)29(10-9-27-11-13-32-14-12-27)25(2,17-28(20)21)24(31)26-19-7-5-3-4-6-8-19/h15-16,19H,3-14,17H2,1-2H3,(H,26,31). The maximum Gasteiger partial charge on any atom is 0.271 e. The minimum Gasteiger partial charge on any atom is -0.460 e. The summed E-state index contributed by atoms with van der Waals surface area (Å²) in [5, 5.41) is 3.33. The largest absolute Gasteiger partial charge is 0.460 e. The first-order valence-corrected chi connectivity index (χ1v) is 12.5. The molecule has 1 aliphatic carbocycles. The van der Waals surface area contributed by atoms with Gasteiger partial charge in [-0.3, -0.25) is 14.5 Å². The summed E-state index contributed by atoms with van der Waals surface area (Å²) in [4.78, 5) is 31.7. The first-order valence-electron chi connectivity index (χ1n) is 12.5. The number of aromatic nitrogens is 1. The van der Waals surface area contributed by atoms with Crippen LogP contribution < -0.4 is 5.32 Å². The first kappa shape index (κ1) is 22.5. The van der Waals surface area contributed by atoms with Crippen molar-refractivity contribution in [1.29, 1.82) is 0 Å². The van der Waals surface area contributed by atoms with Gasteiger partial charge in [0.05, 0.1) is 25.3 Å². The van der Waals surface area contributed by atoms with Crippen molar-refractivity contribution < 1.29 is 18.7 Å². The molecule has 0 bridgehead atoms. The highest BCUT2D eigenvalue weighted by Gasteiger charge is 2.48. The Balaban J connectivity index is 1.44. The van der Waals surface area contributed by atoms with Crippen molar-refractivity contribution in [1.82, 2.24) is 19.7 Å². The Morgan fingerprint density at radius 1 is 1.12 bits per heavy atom. The first-order chi connectivity index (χ1) is 16.0. The number of aryl methyl sites for hydroxylation is 1. The number of carbonyl (C=O) groups excluding carboxylic acids is 2. The van der Waals surface area contributed by atoms with Gasteiger partial charge in [0.25, 0.3) is 5.91 Å². The molecule has 8 nitrogen and oxygen atoms in total. The lowest BCUT2D eigenvalue weighted by Crippen LogP contribution is -2.65. The zero-order chi connectivity index (χ0) is 23.0. The molecule has 2 aliphatic heterocycles. The van der Waals surface area contributed by atoms with Gasteiger partial charge in [-0.25, -0.2) is 0 Å². The third kappa shape index (κ3) is 4.30. The van der Waals surface area contributed by atoms with Gasteiger partial charge in [0.15, 0.2) is 5.58 Å². The number of fused-ring (bicyclic) bond motifs is 3. The van der Waals surface area contributed by atoms with Crippen LogP contribution in [0.1, 0.15) is 61.7 Å². The van der Waals surface area contributed by atoms with Crippen LogP contribution in [0.3, 0.4) is 0 Å². The lowest BCUT2D eigenvalue weighted by atomic mass is 9.93. The molecule has 4 heterocycles. The van der Waals surface area contributed by atoms with Gasteiger partial charge in [0, 0.05) is 44.4 Å². The molecule has 5 rings (SSSR count). The summed E-state index contributed by atoms with van der Waals surface area (Å²) >= 11 is 0. The van der Waals surface area contributed by atoms with Crippen molar-refractivity contribution in [2.45, 2.75) is 70.5 Å². The number of hydrogen-bond donors (Lipinski definition) is 1. The third-order valence-corrected chi connectivity index (χ3v) is 7.66. The van der Waals surface area contributed by atoms with Gasteiger partial charge in [-0.05, 0) is 26.7 Å². The van der Waals surface area contributed by atoms with E-state index in [1.165, 1.54) is 12.8 Å². The molecule has 2 aromatic rings. The van der Waals surface area contributed by atoms with Crippen LogP contribution in [0.2, 0.25) is 0 Å². The second-order valence-corrected chi connectivity index (χ2v) is 10.1. The van der Waals surface area contributed by atoms with Crippen molar-refractivity contribution in [2.24, 2.45) is 0 Å². The number of nitrogens with one attached hydrogen (secondary N) is 1. The number of hydrogen-bond acceptors (Lipinski definition) is 5. The van der Waals surface area contributed by atoms with E-state index in [9.17, 15) is 9.59 Å². The van der Waals surface area contributed by atoms with Gasteiger partial charge in [-0.15, -0.1) is 0 Å². The van der Waals surface area contributed by atoms with Gasteiger partial charge in [-0.2, -0.15) is 0 Å². The smallest absolute Gasteiger partial charge is 0.271 e. The summed E-state index contributed by atoms with van der Waals surface area (Å²) in [6.45, 7) is 8.65. The zero-order valence-electron chi connectivity index (χ0n) is 19.9. The lowest BCUT2D eigenvalue weighted by molar-refractivity contribution is -0.133. The van der Waals surface area contributed by atoms with E-state index in [1.54, 1.807) is 4.90 Å². The van der Waals surface area contributed by atoms with Gasteiger partial charge >= 0.3 is 0 Å². The number of furan rings is 1. The third-order valence-electron chi connectivity index (χ3n) is 7.66. The Morgan fingerprint density at radius 2 is 1.85 bits per heavy atom. The molecule has 1 atom stereocenters. The normalized spacial score (nSPS) is 25.3. The quantitative estimate of drug-likeness (QED) is 0.700. The van der Waals surface area contributed by atoms with Crippen LogP contribution in [0, 0.1) is 6.92 Å². The SMILES string of the molecule is Cc1cc2c(cc3n2CC(C)(C(=O)NC2CCCCCC2)N(CCN2CCOCC2)C3=O)o1. The number of morpholine rings is 1. The van der Waals surface area contributed by atoms with Crippen molar-refractivity contribution in [3.63, 3.8) is 0 Å². The molecule has 1 saturated heterocycles. The maximum atomic E-state index is 13.8. The molecule has 1 saturated carbocycles. The van der Waals surface area contributed by atoms with E-state index in [1.807, 2.05) is 30.5 Å². The van der Waals surface area contributed by atoms with Gasteiger partial charge in [0.2, 0.25) is 5.91 Å². The zero-order valence-corrected chi connectivity index (χ0v) is 19.9. The molecular formula is C25H36N4O4. The summed E-state index contributed by atoms with van der Waals surface area (Å²) in [5.74, 6) is 0.664. The molecule has 8 heteroatoms. The molecule has 1 N–H and O–H groups in total. The van der Waals surface area contributed by atoms with E-state index in [0.717, 1.165) is 56.6 Å². The fourth-order valence-electron chi connectivity index (χ4n) is 5.64. The van der Waals surface area contributed by atoms with Crippen molar-refractivity contribution in [2.75, 3.05) is 39.4 Å². The summed E-state index contributed by atoms with van der Waals surface area (Å²) in [5.41, 5.74) is 1.24. The predicted octanol–water partition coefficient (Wildman–Crippen LogP) is 2.93. The number of amides is 2. The monoisotopic (exact) mass is 456 g/mol. The fourth-order valence-corrected chi connectivity index (χ4v) is 5.64. The molecule has 0 aromatic carbocycles. The maximum absolute atomic E-state index is 13.8. The molecule has 2 amide bonds. The summed E-state index contributed by atoms with van der Waals surface area (Å²) in [6.07, 6.45) is 6.81. The van der Waals surface area contributed by atoms with Crippen LogP contribution >= 0.6 is 0 Å². The molecule has 1 unspecified atom stereocenters. The van der Waals surface area contributed by atoms with Crippen molar-refractivity contribution in [3.05, 3.63) is 23.6 Å². The number of ether oxygens (including phenoxy) is 1. The summed E-state index contributed by atoms with van der Waals surface area (Å²) in [6, 6.07) is 3.98. The molecule has 2 aromatic heterocycles. The van der Waals surface area contributed by atoms with Crippen LogP contribution in [0.4, 0.5) is 0 Å². The van der Waals surface area contributed by atoms with Gasteiger partial charge in [-0.1, -0.05) is 25.7 Å². The van der Waals surface area contributed by atoms with Crippen LogP contribution in [-0.2, 0) is 16.1 Å². The lowest BCUT2D eigenvalue weighted by Gasteiger charge is -2.45. The van der Waals surface area contributed by atoms with E-state index in [0.29, 0.717) is 37.6 Å². The molecule has 0 spiro atoms. The Labute approximate surface area is 195 Å². The predicted molar refractivity (Wildman–Crippen MR) is 125 cm³/mol.